The Morgan fingerprint density at radius 3 is 2.53 bits per heavy atom. The Hall–Kier alpha value is -1.40. The molecule has 106 valence electrons. The summed E-state index contributed by atoms with van der Waals surface area (Å²) in [5, 5.41) is 3.06. The molecule has 2 unspecified atom stereocenters. The van der Waals surface area contributed by atoms with Crippen LogP contribution in [0.2, 0.25) is 0 Å². The normalized spacial score (nSPS) is 22.8. The Morgan fingerprint density at radius 2 is 1.89 bits per heavy atom. The van der Waals surface area contributed by atoms with Crippen LogP contribution in [0.3, 0.4) is 0 Å². The first-order valence-corrected chi connectivity index (χ1v) is 6.02. The molecule has 0 saturated carbocycles. The third-order valence-electron chi connectivity index (χ3n) is 3.27. The van der Waals surface area contributed by atoms with E-state index in [2.05, 4.69) is 10.1 Å². The first-order chi connectivity index (χ1) is 9.15. The van der Waals surface area contributed by atoms with Crippen molar-refractivity contribution in [2.24, 2.45) is 0 Å². The minimum atomic E-state index is -2.76. The van der Waals surface area contributed by atoms with E-state index in [1.54, 1.807) is 26.4 Å². The van der Waals surface area contributed by atoms with Crippen LogP contribution >= 0.6 is 0 Å². The number of benzene rings is 1. The molecular formula is C13H17F2NO3. The standard InChI is InChI=1S/C13H17F2NO3/c1-17-10-4-3-8(5-11(10)18-2)9-6-16-7-12(9)19-13(14)15/h3-5,9,12-13,16H,6-7H2,1-2H3. The van der Waals surface area contributed by atoms with E-state index in [0.717, 1.165) is 5.56 Å². The predicted octanol–water partition coefficient (Wildman–Crippen LogP) is 2.00. The van der Waals surface area contributed by atoms with Crippen LogP contribution in [0.15, 0.2) is 18.2 Å². The molecule has 1 N–H and O–H groups in total. The van der Waals surface area contributed by atoms with Gasteiger partial charge in [0.2, 0.25) is 0 Å². The monoisotopic (exact) mass is 273 g/mol. The molecule has 1 aliphatic rings. The Labute approximate surface area is 110 Å². The average molecular weight is 273 g/mol. The molecule has 1 aliphatic heterocycles. The second-order valence-electron chi connectivity index (χ2n) is 4.31. The highest BCUT2D eigenvalue weighted by Gasteiger charge is 2.31. The van der Waals surface area contributed by atoms with Crippen LogP contribution in [0.25, 0.3) is 0 Å². The lowest BCUT2D eigenvalue weighted by Crippen LogP contribution is -2.24. The Bertz CT molecular complexity index is 428. The number of hydrogen-bond donors (Lipinski definition) is 1. The summed E-state index contributed by atoms with van der Waals surface area (Å²) < 4.78 is 39.7. The van der Waals surface area contributed by atoms with Gasteiger partial charge in [-0.15, -0.1) is 0 Å². The predicted molar refractivity (Wildman–Crippen MR) is 66.0 cm³/mol. The van der Waals surface area contributed by atoms with Crippen LogP contribution in [0.4, 0.5) is 8.78 Å². The number of halogens is 2. The molecule has 1 fully saturated rings. The molecule has 0 bridgehead atoms. The summed E-state index contributed by atoms with van der Waals surface area (Å²) in [4.78, 5) is 0. The number of methoxy groups -OCH3 is 2. The minimum Gasteiger partial charge on any atom is -0.493 e. The lowest BCUT2D eigenvalue weighted by molar-refractivity contribution is -0.160. The SMILES string of the molecule is COc1ccc(C2CNCC2OC(F)F)cc1OC. The van der Waals surface area contributed by atoms with Crippen molar-refractivity contribution in [2.75, 3.05) is 27.3 Å². The van der Waals surface area contributed by atoms with Crippen molar-refractivity contribution in [3.63, 3.8) is 0 Å². The molecule has 2 atom stereocenters. The Balaban J connectivity index is 2.20. The van der Waals surface area contributed by atoms with Crippen LogP contribution in [0, 0.1) is 0 Å². The summed E-state index contributed by atoms with van der Waals surface area (Å²) >= 11 is 0. The molecule has 0 amide bonds. The fourth-order valence-corrected chi connectivity index (χ4v) is 2.35. The van der Waals surface area contributed by atoms with Crippen molar-refractivity contribution in [1.82, 2.24) is 5.32 Å². The largest absolute Gasteiger partial charge is 0.493 e. The van der Waals surface area contributed by atoms with Gasteiger partial charge in [-0.3, -0.25) is 0 Å². The van der Waals surface area contributed by atoms with E-state index in [9.17, 15) is 8.78 Å². The van der Waals surface area contributed by atoms with Gasteiger partial charge in [-0.25, -0.2) is 0 Å². The third-order valence-corrected chi connectivity index (χ3v) is 3.27. The van der Waals surface area contributed by atoms with Gasteiger partial charge in [0, 0.05) is 19.0 Å². The second kappa shape index (κ2) is 6.16. The molecule has 19 heavy (non-hydrogen) atoms. The molecular weight excluding hydrogens is 256 g/mol. The van der Waals surface area contributed by atoms with Crippen LogP contribution in [-0.2, 0) is 4.74 Å². The smallest absolute Gasteiger partial charge is 0.345 e. The van der Waals surface area contributed by atoms with Gasteiger partial charge in [-0.2, -0.15) is 8.78 Å². The van der Waals surface area contributed by atoms with Gasteiger partial charge in [0.05, 0.1) is 20.3 Å². The van der Waals surface area contributed by atoms with Crippen LogP contribution in [-0.4, -0.2) is 40.0 Å². The first-order valence-electron chi connectivity index (χ1n) is 6.02. The maximum atomic E-state index is 12.3. The summed E-state index contributed by atoms with van der Waals surface area (Å²) in [7, 11) is 3.10. The van der Waals surface area contributed by atoms with Gasteiger partial charge in [0.15, 0.2) is 11.5 Å². The van der Waals surface area contributed by atoms with Crippen molar-refractivity contribution in [2.45, 2.75) is 18.6 Å². The maximum absolute atomic E-state index is 12.3. The highest BCUT2D eigenvalue weighted by Crippen LogP contribution is 2.33. The second-order valence-corrected chi connectivity index (χ2v) is 4.31. The molecule has 2 rings (SSSR count). The van der Waals surface area contributed by atoms with E-state index in [-0.39, 0.29) is 5.92 Å². The lowest BCUT2D eigenvalue weighted by Gasteiger charge is -2.20. The summed E-state index contributed by atoms with van der Waals surface area (Å²) in [6.45, 7) is -1.73. The highest BCUT2D eigenvalue weighted by atomic mass is 19.3. The van der Waals surface area contributed by atoms with E-state index >= 15 is 0 Å². The third kappa shape index (κ3) is 3.13. The topological polar surface area (TPSA) is 39.7 Å². The maximum Gasteiger partial charge on any atom is 0.345 e. The van der Waals surface area contributed by atoms with Crippen molar-refractivity contribution >= 4 is 0 Å². The van der Waals surface area contributed by atoms with Crippen LogP contribution in [0.1, 0.15) is 11.5 Å². The number of nitrogens with one attached hydrogen (secondary N) is 1. The number of alkyl halides is 2. The van der Waals surface area contributed by atoms with Crippen molar-refractivity contribution in [3.05, 3.63) is 23.8 Å². The molecule has 0 spiro atoms. The number of hydrogen-bond acceptors (Lipinski definition) is 4. The van der Waals surface area contributed by atoms with E-state index in [1.165, 1.54) is 0 Å². The molecule has 1 heterocycles. The quantitative estimate of drug-likeness (QED) is 0.890. The fraction of sp³-hybridized carbons (Fsp3) is 0.538. The summed E-state index contributed by atoms with van der Waals surface area (Å²) in [6, 6.07) is 5.42. The van der Waals surface area contributed by atoms with Crippen LogP contribution < -0.4 is 14.8 Å². The molecule has 0 aromatic heterocycles. The van der Waals surface area contributed by atoms with Crippen molar-refractivity contribution in [3.8, 4) is 11.5 Å². The molecule has 1 aromatic rings. The van der Waals surface area contributed by atoms with E-state index < -0.39 is 12.7 Å². The van der Waals surface area contributed by atoms with Gasteiger partial charge < -0.3 is 19.5 Å². The van der Waals surface area contributed by atoms with Crippen LogP contribution in [0.5, 0.6) is 11.5 Å². The summed E-state index contributed by atoms with van der Waals surface area (Å²) in [5.41, 5.74) is 0.897. The van der Waals surface area contributed by atoms with E-state index in [0.29, 0.717) is 24.6 Å². The lowest BCUT2D eigenvalue weighted by atomic mass is 9.95. The Morgan fingerprint density at radius 1 is 1.16 bits per heavy atom. The number of ether oxygens (including phenoxy) is 3. The van der Waals surface area contributed by atoms with Gasteiger partial charge in [-0.1, -0.05) is 6.07 Å². The van der Waals surface area contributed by atoms with Gasteiger partial charge in [0.25, 0.3) is 0 Å². The molecule has 1 aromatic carbocycles. The molecule has 0 aliphatic carbocycles. The van der Waals surface area contributed by atoms with Gasteiger partial charge in [-0.05, 0) is 17.7 Å². The zero-order valence-electron chi connectivity index (χ0n) is 10.9. The minimum absolute atomic E-state index is 0.117. The zero-order valence-corrected chi connectivity index (χ0v) is 10.9. The molecule has 4 nitrogen and oxygen atoms in total. The zero-order chi connectivity index (χ0) is 13.8. The molecule has 6 heteroatoms. The summed E-state index contributed by atoms with van der Waals surface area (Å²) in [5.74, 6) is 1.08. The Kier molecular flexibility index (Phi) is 4.55. The van der Waals surface area contributed by atoms with E-state index in [4.69, 9.17) is 9.47 Å². The fourth-order valence-electron chi connectivity index (χ4n) is 2.35. The van der Waals surface area contributed by atoms with Gasteiger partial charge in [0.1, 0.15) is 0 Å². The van der Waals surface area contributed by atoms with Crippen molar-refractivity contribution < 1.29 is 23.0 Å². The molecule has 1 saturated heterocycles. The summed E-state index contributed by atoms with van der Waals surface area (Å²) in [6.07, 6.45) is -0.530. The average Bonchev–Trinajstić information content (AvgIpc) is 2.85. The molecule has 0 radical (unpaired) electrons. The first kappa shape index (κ1) is 14.0. The highest BCUT2D eigenvalue weighted by molar-refractivity contribution is 5.44. The van der Waals surface area contributed by atoms with Gasteiger partial charge >= 0.3 is 6.61 Å². The number of rotatable bonds is 5. The van der Waals surface area contributed by atoms with Crippen molar-refractivity contribution in [1.29, 1.82) is 0 Å². The van der Waals surface area contributed by atoms with E-state index in [1.807, 2.05) is 6.07 Å².